The minimum atomic E-state index is -0.308. The average molecular weight is 424 g/mol. The molecule has 1 aromatic carbocycles. The maximum Gasteiger partial charge on any atom is 0.243 e. The molecule has 2 amide bonds. The van der Waals surface area contributed by atoms with Gasteiger partial charge < -0.3 is 10.1 Å². The molecule has 1 saturated heterocycles. The molecular weight excluding hydrogens is 393 g/mol. The highest BCUT2D eigenvalue weighted by Gasteiger charge is 2.25. The largest absolute Gasteiger partial charge is 0.490 e. The molecule has 0 radical (unpaired) electrons. The molecule has 160 valence electrons. The Balaban J connectivity index is 1.28. The third kappa shape index (κ3) is 7.28. The highest BCUT2D eigenvalue weighted by atomic mass is 32.2. The van der Waals surface area contributed by atoms with E-state index in [4.69, 9.17) is 4.74 Å². The van der Waals surface area contributed by atoms with E-state index < -0.39 is 0 Å². The van der Waals surface area contributed by atoms with Crippen LogP contribution in [0.4, 0.5) is 4.39 Å². The molecule has 1 aromatic rings. The van der Waals surface area contributed by atoms with Crippen LogP contribution in [-0.4, -0.2) is 36.8 Å². The first-order chi connectivity index (χ1) is 14.0. The van der Waals surface area contributed by atoms with Gasteiger partial charge in [-0.3, -0.25) is 19.6 Å². The summed E-state index contributed by atoms with van der Waals surface area (Å²) in [5.41, 5.74) is 1.00. The normalized spacial score (nSPS) is 20.4. The third-order valence-electron chi connectivity index (χ3n) is 5.19. The van der Waals surface area contributed by atoms with Gasteiger partial charge in [-0.2, -0.15) is 0 Å². The molecule has 29 heavy (non-hydrogen) atoms. The number of carbonyl (C=O) groups excluding carboxylic acids is 2. The molecule has 1 aliphatic carbocycles. The number of halogens is 1. The van der Waals surface area contributed by atoms with Crippen LogP contribution in [-0.2, 0) is 9.59 Å². The zero-order valence-corrected chi connectivity index (χ0v) is 17.7. The van der Waals surface area contributed by atoms with Gasteiger partial charge in [-0.15, -0.1) is 0 Å². The topological polar surface area (TPSA) is 79.5 Å². The lowest BCUT2D eigenvalue weighted by molar-refractivity contribution is -0.134. The lowest BCUT2D eigenvalue weighted by Crippen LogP contribution is -2.50. The first-order valence-electron chi connectivity index (χ1n) is 10.4. The molecular formula is C21H30FN3O3S. The Hall–Kier alpha value is -1.64. The molecule has 2 unspecified atom stereocenters. The van der Waals surface area contributed by atoms with E-state index in [-0.39, 0.29) is 29.7 Å². The highest BCUT2D eigenvalue weighted by molar-refractivity contribution is 7.97. The zero-order valence-electron chi connectivity index (χ0n) is 16.8. The van der Waals surface area contributed by atoms with Crippen molar-refractivity contribution in [2.45, 2.75) is 57.5 Å². The number of imide groups is 1. The van der Waals surface area contributed by atoms with Gasteiger partial charge in [0.25, 0.3) is 0 Å². The first kappa shape index (κ1) is 22.1. The fourth-order valence-corrected chi connectivity index (χ4v) is 3.96. The van der Waals surface area contributed by atoms with Gasteiger partial charge in [0.1, 0.15) is 0 Å². The smallest absolute Gasteiger partial charge is 0.243 e. The summed E-state index contributed by atoms with van der Waals surface area (Å²) in [6.45, 7) is 3.40. The molecule has 0 aromatic heterocycles. The van der Waals surface area contributed by atoms with Crippen molar-refractivity contribution >= 4 is 23.8 Å². The molecule has 1 heterocycles. The molecule has 0 bridgehead atoms. The van der Waals surface area contributed by atoms with Gasteiger partial charge in [0.2, 0.25) is 11.8 Å². The van der Waals surface area contributed by atoms with Crippen molar-refractivity contribution in [2.75, 3.05) is 18.9 Å². The summed E-state index contributed by atoms with van der Waals surface area (Å²) in [7, 11) is 0. The summed E-state index contributed by atoms with van der Waals surface area (Å²) in [5.74, 6) is 1.16. The Kier molecular flexibility index (Phi) is 8.32. The minimum absolute atomic E-state index is 0.0884. The second-order valence-corrected chi connectivity index (χ2v) is 8.73. The Bertz CT molecular complexity index is 714. The molecule has 0 spiro atoms. The van der Waals surface area contributed by atoms with E-state index >= 15 is 0 Å². The third-order valence-corrected chi connectivity index (χ3v) is 6.20. The van der Waals surface area contributed by atoms with Crippen molar-refractivity contribution in [3.63, 3.8) is 0 Å². The number of benzene rings is 1. The second kappa shape index (κ2) is 10.9. The van der Waals surface area contributed by atoms with Gasteiger partial charge >= 0.3 is 0 Å². The van der Waals surface area contributed by atoms with Gasteiger partial charge in [-0.05, 0) is 69.2 Å². The van der Waals surface area contributed by atoms with Crippen molar-refractivity contribution in [1.29, 1.82) is 0 Å². The number of nitrogens with one attached hydrogen (secondary N) is 3. The maximum atomic E-state index is 13.9. The number of ether oxygens (including phenoxy) is 1. The van der Waals surface area contributed by atoms with Gasteiger partial charge in [0, 0.05) is 18.2 Å². The van der Waals surface area contributed by atoms with E-state index in [2.05, 4.69) is 22.3 Å². The number of hydrogen-bond acceptors (Lipinski definition) is 6. The van der Waals surface area contributed by atoms with Crippen LogP contribution in [0.2, 0.25) is 0 Å². The van der Waals surface area contributed by atoms with Crippen LogP contribution < -0.4 is 20.1 Å². The Morgan fingerprint density at radius 1 is 1.28 bits per heavy atom. The first-order valence-corrected chi connectivity index (χ1v) is 11.4. The van der Waals surface area contributed by atoms with Crippen LogP contribution in [0.3, 0.4) is 0 Å². The van der Waals surface area contributed by atoms with E-state index in [0.29, 0.717) is 31.1 Å². The quantitative estimate of drug-likeness (QED) is 0.272. The van der Waals surface area contributed by atoms with Crippen molar-refractivity contribution in [3.05, 3.63) is 29.6 Å². The number of hydrogen-bond donors (Lipinski definition) is 3. The van der Waals surface area contributed by atoms with E-state index in [1.54, 1.807) is 24.1 Å². The van der Waals surface area contributed by atoms with Crippen molar-refractivity contribution in [2.24, 2.45) is 5.92 Å². The molecule has 6 nitrogen and oxygen atoms in total. The monoisotopic (exact) mass is 423 g/mol. The van der Waals surface area contributed by atoms with Crippen LogP contribution in [0.1, 0.15) is 57.1 Å². The van der Waals surface area contributed by atoms with E-state index in [1.807, 2.05) is 0 Å². The summed E-state index contributed by atoms with van der Waals surface area (Å²) in [6, 6.07) is 4.89. The van der Waals surface area contributed by atoms with Crippen LogP contribution in [0.15, 0.2) is 18.2 Å². The number of amides is 2. The summed E-state index contributed by atoms with van der Waals surface area (Å²) in [5, 5.41) is 5.57. The molecule has 1 saturated carbocycles. The fraction of sp³-hybridized carbons (Fsp3) is 0.619. The van der Waals surface area contributed by atoms with Crippen LogP contribution in [0.5, 0.6) is 5.75 Å². The molecule has 2 fully saturated rings. The number of piperidine rings is 1. The summed E-state index contributed by atoms with van der Waals surface area (Å²) < 4.78 is 22.9. The average Bonchev–Trinajstić information content (AvgIpc) is 3.52. The van der Waals surface area contributed by atoms with E-state index in [0.717, 1.165) is 30.7 Å². The zero-order chi connectivity index (χ0) is 20.6. The Labute approximate surface area is 175 Å². The Morgan fingerprint density at radius 3 is 2.86 bits per heavy atom. The van der Waals surface area contributed by atoms with Gasteiger partial charge in [0.15, 0.2) is 11.6 Å². The van der Waals surface area contributed by atoms with Crippen LogP contribution in [0.25, 0.3) is 0 Å². The molecule has 1 aliphatic heterocycles. The lowest BCUT2D eigenvalue weighted by atomic mass is 10.1. The lowest BCUT2D eigenvalue weighted by Gasteiger charge is -2.21. The standard InChI is InChI=1S/C21H30FN3O3S/c1-14(16-6-7-17(22)19(12-16)28-13-15-4-5-15)25-29-11-3-2-10-23-18-8-9-20(26)24-21(18)27/h6-7,12,14-15,18,23,25H,2-5,8-11,13H2,1H3,(H,24,26,27). The fourth-order valence-electron chi connectivity index (χ4n) is 3.11. The highest BCUT2D eigenvalue weighted by Crippen LogP contribution is 2.31. The van der Waals surface area contributed by atoms with E-state index in [9.17, 15) is 14.0 Å². The van der Waals surface area contributed by atoms with E-state index in [1.165, 1.54) is 18.9 Å². The van der Waals surface area contributed by atoms with Crippen LogP contribution >= 0.6 is 11.9 Å². The molecule has 2 atom stereocenters. The predicted molar refractivity (Wildman–Crippen MR) is 112 cm³/mol. The van der Waals surface area contributed by atoms with Crippen LogP contribution in [0, 0.1) is 11.7 Å². The minimum Gasteiger partial charge on any atom is -0.490 e. The molecule has 3 rings (SSSR count). The van der Waals surface area contributed by atoms with Crippen molar-refractivity contribution in [1.82, 2.24) is 15.4 Å². The summed E-state index contributed by atoms with van der Waals surface area (Å²) >= 11 is 1.65. The SMILES string of the molecule is CC(NSCCCCNC1CCC(=O)NC1=O)c1ccc(F)c(OCC2CC2)c1. The van der Waals surface area contributed by atoms with Crippen molar-refractivity contribution < 1.29 is 18.7 Å². The second-order valence-electron chi connectivity index (χ2n) is 7.80. The summed E-state index contributed by atoms with van der Waals surface area (Å²) in [6.07, 6.45) is 5.29. The van der Waals surface area contributed by atoms with Gasteiger partial charge in [-0.1, -0.05) is 18.0 Å². The van der Waals surface area contributed by atoms with Gasteiger partial charge in [0.05, 0.1) is 12.6 Å². The maximum absolute atomic E-state index is 13.9. The summed E-state index contributed by atoms with van der Waals surface area (Å²) in [4.78, 5) is 22.8. The number of unbranched alkanes of at least 4 members (excludes halogenated alkanes) is 1. The Morgan fingerprint density at radius 2 is 2.10 bits per heavy atom. The number of carbonyl (C=O) groups is 2. The van der Waals surface area contributed by atoms with Crippen molar-refractivity contribution in [3.8, 4) is 5.75 Å². The number of rotatable bonds is 12. The molecule has 3 N–H and O–H groups in total. The predicted octanol–water partition coefficient (Wildman–Crippen LogP) is 3.09. The molecule has 8 heteroatoms. The molecule has 2 aliphatic rings. The van der Waals surface area contributed by atoms with Gasteiger partial charge in [-0.25, -0.2) is 4.39 Å².